The smallest absolute Gasteiger partial charge is 0.343 e. The van der Waals surface area contributed by atoms with Crippen LogP contribution in [0.25, 0.3) is 0 Å². The largest absolute Gasteiger partial charge is 0.423 e. The molecule has 9 nitrogen and oxygen atoms in total. The van der Waals surface area contributed by atoms with Crippen molar-refractivity contribution in [2.75, 3.05) is 17.2 Å². The van der Waals surface area contributed by atoms with Gasteiger partial charge in [-0.05, 0) is 72.8 Å². The van der Waals surface area contributed by atoms with E-state index in [1.165, 1.54) is 54.6 Å². The fourth-order valence-corrected chi connectivity index (χ4v) is 3.08. The Balaban J connectivity index is 1.61. The van der Waals surface area contributed by atoms with Crippen LogP contribution in [0.1, 0.15) is 31.1 Å². The minimum absolute atomic E-state index is 0.0143. The van der Waals surface area contributed by atoms with Crippen LogP contribution < -0.4 is 31.4 Å². The molecule has 4 aromatic rings. The molecule has 36 heavy (non-hydrogen) atoms. The van der Waals surface area contributed by atoms with Gasteiger partial charge in [-0.3, -0.25) is 0 Å². The van der Waals surface area contributed by atoms with E-state index in [0.717, 1.165) is 0 Å². The molecule has 0 saturated heterocycles. The minimum atomic E-state index is -0.687. The Morgan fingerprint density at radius 2 is 0.639 bits per heavy atom. The summed E-state index contributed by atoms with van der Waals surface area (Å²) in [5.41, 5.74) is 19.2. The molecule has 0 aliphatic rings. The van der Waals surface area contributed by atoms with Crippen LogP contribution in [0.15, 0.2) is 91.0 Å². The van der Waals surface area contributed by atoms with Gasteiger partial charge in [0, 0.05) is 35.3 Å². The quantitative estimate of drug-likeness (QED) is 0.209. The van der Waals surface area contributed by atoms with Gasteiger partial charge in [0.05, 0.1) is 16.7 Å². The highest BCUT2D eigenvalue weighted by Gasteiger charge is 2.16. The lowest BCUT2D eigenvalue weighted by atomic mass is 10.2. The van der Waals surface area contributed by atoms with Gasteiger partial charge in [-0.25, -0.2) is 14.4 Å². The van der Waals surface area contributed by atoms with Gasteiger partial charge in [-0.15, -0.1) is 0 Å². The number of carbonyl (C=O) groups is 3. The number of benzene rings is 4. The van der Waals surface area contributed by atoms with E-state index in [2.05, 4.69) is 0 Å². The molecule has 0 unspecified atom stereocenters. The molecule has 0 bridgehead atoms. The lowest BCUT2D eigenvalue weighted by Crippen LogP contribution is -2.12. The number of nitrogens with two attached hydrogens (primary N) is 3. The molecule has 4 rings (SSSR count). The second-order valence-electron chi connectivity index (χ2n) is 7.67. The maximum Gasteiger partial charge on any atom is 0.343 e. The van der Waals surface area contributed by atoms with Crippen molar-refractivity contribution in [3.63, 3.8) is 0 Å². The third-order valence-corrected chi connectivity index (χ3v) is 4.92. The fraction of sp³-hybridized carbons (Fsp3) is 0. The lowest BCUT2D eigenvalue weighted by molar-refractivity contribution is 0.0731. The van der Waals surface area contributed by atoms with Gasteiger partial charge in [0.1, 0.15) is 17.2 Å². The molecule has 0 spiro atoms. The van der Waals surface area contributed by atoms with E-state index in [4.69, 9.17) is 31.4 Å². The summed E-state index contributed by atoms with van der Waals surface area (Å²) < 4.78 is 16.3. The first kappa shape index (κ1) is 23.8. The number of nitrogen functional groups attached to an aromatic ring is 3. The van der Waals surface area contributed by atoms with Crippen molar-refractivity contribution in [2.24, 2.45) is 0 Å². The van der Waals surface area contributed by atoms with Gasteiger partial charge in [0.15, 0.2) is 0 Å². The minimum Gasteiger partial charge on any atom is -0.423 e. The molecule has 0 aliphatic carbocycles. The summed E-state index contributed by atoms with van der Waals surface area (Å²) in [4.78, 5) is 37.8. The highest BCUT2D eigenvalue weighted by atomic mass is 16.6. The molecule has 4 aromatic carbocycles. The van der Waals surface area contributed by atoms with E-state index in [-0.39, 0.29) is 33.9 Å². The van der Waals surface area contributed by atoms with Crippen molar-refractivity contribution in [1.82, 2.24) is 0 Å². The standard InChI is InChI=1S/C27H21N3O6/c28-19-7-1-16(2-8-19)25(31)34-22-13-23(35-26(32)17-3-9-20(29)10-4-17)15-24(14-22)36-27(33)18-5-11-21(30)12-6-18/h1-15H,28-30H2. The van der Waals surface area contributed by atoms with Crippen LogP contribution in [-0.4, -0.2) is 17.9 Å². The van der Waals surface area contributed by atoms with E-state index in [1.807, 2.05) is 0 Å². The summed E-state index contributed by atoms with van der Waals surface area (Å²) in [7, 11) is 0. The molecule has 0 atom stereocenters. The average Bonchev–Trinajstić information content (AvgIpc) is 2.85. The number of anilines is 3. The van der Waals surface area contributed by atoms with Gasteiger partial charge in [0.2, 0.25) is 0 Å². The highest BCUT2D eigenvalue weighted by Crippen LogP contribution is 2.30. The van der Waals surface area contributed by atoms with Crippen LogP contribution in [0.3, 0.4) is 0 Å². The maximum atomic E-state index is 12.6. The van der Waals surface area contributed by atoms with E-state index >= 15 is 0 Å². The SMILES string of the molecule is Nc1ccc(C(=O)Oc2cc(OC(=O)c3ccc(N)cc3)cc(OC(=O)c3ccc(N)cc3)c2)cc1. The molecular formula is C27H21N3O6. The normalized spacial score (nSPS) is 10.3. The molecule has 0 aromatic heterocycles. The van der Waals surface area contributed by atoms with Crippen LogP contribution in [0, 0.1) is 0 Å². The summed E-state index contributed by atoms with van der Waals surface area (Å²) in [5, 5.41) is 0. The molecule has 9 heteroatoms. The van der Waals surface area contributed by atoms with Gasteiger partial charge in [0.25, 0.3) is 0 Å². The molecule has 6 N–H and O–H groups in total. The Hall–Kier alpha value is -5.31. The summed E-state index contributed by atoms with van der Waals surface area (Å²) >= 11 is 0. The second-order valence-corrected chi connectivity index (χ2v) is 7.67. The van der Waals surface area contributed by atoms with E-state index in [1.54, 1.807) is 36.4 Å². The van der Waals surface area contributed by atoms with E-state index < -0.39 is 17.9 Å². The lowest BCUT2D eigenvalue weighted by Gasteiger charge is -2.11. The maximum absolute atomic E-state index is 12.6. The Morgan fingerprint density at radius 3 is 0.861 bits per heavy atom. The Labute approximate surface area is 206 Å². The molecule has 0 fully saturated rings. The summed E-state index contributed by atoms with van der Waals surface area (Å²) in [6.07, 6.45) is 0. The zero-order chi connectivity index (χ0) is 25.7. The van der Waals surface area contributed by atoms with Crippen LogP contribution in [0.4, 0.5) is 17.1 Å². The summed E-state index contributed by atoms with van der Waals surface area (Å²) in [6, 6.07) is 22.3. The number of ether oxygens (including phenoxy) is 3. The molecular weight excluding hydrogens is 462 g/mol. The first-order valence-electron chi connectivity index (χ1n) is 10.6. The van der Waals surface area contributed by atoms with Gasteiger partial charge in [-0.1, -0.05) is 0 Å². The van der Waals surface area contributed by atoms with E-state index in [9.17, 15) is 14.4 Å². The molecule has 0 heterocycles. The summed E-state index contributed by atoms with van der Waals surface area (Å²) in [5.74, 6) is -2.10. The molecule has 0 aliphatic heterocycles. The first-order chi connectivity index (χ1) is 17.3. The van der Waals surface area contributed by atoms with Crippen molar-refractivity contribution >= 4 is 35.0 Å². The average molecular weight is 483 g/mol. The second kappa shape index (κ2) is 10.3. The number of carbonyl (C=O) groups excluding carboxylic acids is 3. The summed E-state index contributed by atoms with van der Waals surface area (Å²) in [6.45, 7) is 0. The molecule has 0 radical (unpaired) electrons. The third kappa shape index (κ3) is 5.97. The van der Waals surface area contributed by atoms with Crippen LogP contribution in [0.5, 0.6) is 17.2 Å². The topological polar surface area (TPSA) is 157 Å². The molecule has 0 amide bonds. The number of esters is 3. The molecule has 180 valence electrons. The third-order valence-electron chi connectivity index (χ3n) is 4.92. The zero-order valence-electron chi connectivity index (χ0n) is 18.8. The fourth-order valence-electron chi connectivity index (χ4n) is 3.08. The predicted octanol–water partition coefficient (Wildman–Crippen LogP) is 4.09. The predicted molar refractivity (Wildman–Crippen MR) is 134 cm³/mol. The Kier molecular flexibility index (Phi) is 6.83. The van der Waals surface area contributed by atoms with Gasteiger partial charge < -0.3 is 31.4 Å². The van der Waals surface area contributed by atoms with Crippen molar-refractivity contribution in [1.29, 1.82) is 0 Å². The number of hydrogen-bond acceptors (Lipinski definition) is 9. The Morgan fingerprint density at radius 1 is 0.417 bits per heavy atom. The number of rotatable bonds is 6. The van der Waals surface area contributed by atoms with Crippen LogP contribution >= 0.6 is 0 Å². The molecule has 0 saturated carbocycles. The van der Waals surface area contributed by atoms with Crippen molar-refractivity contribution in [3.8, 4) is 17.2 Å². The van der Waals surface area contributed by atoms with Crippen molar-refractivity contribution in [2.45, 2.75) is 0 Å². The highest BCUT2D eigenvalue weighted by molar-refractivity contribution is 5.93. The van der Waals surface area contributed by atoms with Crippen molar-refractivity contribution < 1.29 is 28.6 Å². The van der Waals surface area contributed by atoms with Crippen LogP contribution in [0.2, 0.25) is 0 Å². The van der Waals surface area contributed by atoms with Gasteiger partial charge in [-0.2, -0.15) is 0 Å². The monoisotopic (exact) mass is 483 g/mol. The first-order valence-corrected chi connectivity index (χ1v) is 10.6. The van der Waals surface area contributed by atoms with Gasteiger partial charge >= 0.3 is 17.9 Å². The Bertz CT molecular complexity index is 1230. The van der Waals surface area contributed by atoms with Crippen LogP contribution in [-0.2, 0) is 0 Å². The van der Waals surface area contributed by atoms with E-state index in [0.29, 0.717) is 17.1 Å². The van der Waals surface area contributed by atoms with Crippen molar-refractivity contribution in [3.05, 3.63) is 108 Å². The zero-order valence-corrected chi connectivity index (χ0v) is 18.8. The number of hydrogen-bond donors (Lipinski definition) is 3.